The van der Waals surface area contributed by atoms with Crippen LogP contribution < -0.4 is 9.88 Å². The predicted octanol–water partition coefficient (Wildman–Crippen LogP) is 8.96. The van der Waals surface area contributed by atoms with Gasteiger partial charge in [-0.2, -0.15) is 4.57 Å². The summed E-state index contributed by atoms with van der Waals surface area (Å²) in [5.74, 6) is -0.107. The Morgan fingerprint density at radius 2 is 1.22 bits per heavy atom. The van der Waals surface area contributed by atoms with E-state index in [0.717, 1.165) is 12.2 Å². The van der Waals surface area contributed by atoms with Crippen LogP contribution in [0.25, 0.3) is 21.5 Å². The summed E-state index contributed by atoms with van der Waals surface area (Å²) in [4.78, 5) is 12.5. The second-order valence-electron chi connectivity index (χ2n) is 8.34. The summed E-state index contributed by atoms with van der Waals surface area (Å²) in [5, 5.41) is 7.98. The summed E-state index contributed by atoms with van der Waals surface area (Å²) < 4.78 is 61.3. The van der Waals surface area contributed by atoms with E-state index in [9.17, 15) is 30.0 Å². The fourth-order valence-electron chi connectivity index (χ4n) is 3.95. The first-order valence-corrected chi connectivity index (χ1v) is 13.1. The molecule has 0 fully saturated rings. The van der Waals surface area contributed by atoms with Crippen LogP contribution in [0.15, 0.2) is 109 Å². The topological polar surface area (TPSA) is 33.0 Å². The molecule has 1 aromatic heterocycles. The van der Waals surface area contributed by atoms with Crippen LogP contribution in [-0.4, -0.2) is 5.91 Å². The van der Waals surface area contributed by atoms with E-state index in [1.807, 2.05) is 54.9 Å². The zero-order chi connectivity index (χ0) is 26.7. The molecule has 0 bridgehead atoms. The predicted molar refractivity (Wildman–Crippen MR) is 135 cm³/mol. The molecule has 0 aliphatic carbocycles. The first-order chi connectivity index (χ1) is 17.2. The number of rotatable bonds is 4. The molecule has 5 aromatic rings. The summed E-state index contributed by atoms with van der Waals surface area (Å²) in [6.07, 6.45) is 4.02. The van der Waals surface area contributed by atoms with Gasteiger partial charge in [0.1, 0.15) is 5.69 Å². The van der Waals surface area contributed by atoms with Gasteiger partial charge < -0.3 is 5.32 Å². The van der Waals surface area contributed by atoms with Gasteiger partial charge in [0.25, 0.3) is 5.91 Å². The molecule has 0 saturated carbocycles. The number of benzene rings is 4. The molecule has 0 unspecified atom stereocenters. The average molecular weight is 534 g/mol. The third-order valence-corrected chi connectivity index (χ3v) is 5.38. The molecule has 0 radical (unpaired) electrons. The van der Waals surface area contributed by atoms with Crippen LogP contribution in [-0.2, 0) is 6.54 Å². The van der Waals surface area contributed by atoms with E-state index in [-0.39, 0.29) is 5.91 Å². The van der Waals surface area contributed by atoms with E-state index < -0.39 is 7.81 Å². The van der Waals surface area contributed by atoms with Gasteiger partial charge in [-0.25, -0.2) is 0 Å². The minimum atomic E-state index is -10.7. The van der Waals surface area contributed by atoms with Crippen LogP contribution >= 0.6 is 7.81 Å². The number of carbonyl (C=O) groups excluding carboxylic acids is 1. The van der Waals surface area contributed by atoms with Crippen molar-refractivity contribution in [2.45, 2.75) is 6.54 Å². The van der Waals surface area contributed by atoms with E-state index >= 15 is 0 Å². The Labute approximate surface area is 208 Å². The molecular formula is C27H21F6N2OP. The van der Waals surface area contributed by atoms with Gasteiger partial charge in [-0.1, -0.05) is 66.7 Å². The van der Waals surface area contributed by atoms with Crippen molar-refractivity contribution in [1.82, 2.24) is 0 Å². The molecule has 1 amide bonds. The summed E-state index contributed by atoms with van der Waals surface area (Å²) >= 11 is 0. The molecule has 0 saturated heterocycles. The van der Waals surface area contributed by atoms with Crippen molar-refractivity contribution in [2.24, 2.45) is 0 Å². The molecular weight excluding hydrogens is 513 g/mol. The number of fused-ring (bicyclic) bond motifs is 2. The Hall–Kier alpha value is -3.97. The zero-order valence-corrected chi connectivity index (χ0v) is 20.1. The number of amides is 1. The molecule has 192 valence electrons. The monoisotopic (exact) mass is 534 g/mol. The van der Waals surface area contributed by atoms with Gasteiger partial charge in [0.15, 0.2) is 18.9 Å². The van der Waals surface area contributed by atoms with Crippen molar-refractivity contribution in [3.05, 3.63) is 121 Å². The first-order valence-electron chi connectivity index (χ1n) is 11.0. The van der Waals surface area contributed by atoms with Gasteiger partial charge in [-0.05, 0) is 45.8 Å². The average Bonchev–Trinajstić information content (AvgIpc) is 2.83. The summed E-state index contributed by atoms with van der Waals surface area (Å²) in [6, 6.07) is 32.4. The minimum Gasteiger partial charge on any atom is -0.317 e. The summed E-state index contributed by atoms with van der Waals surface area (Å²) in [6.45, 7) is 0.719. The third kappa shape index (κ3) is 8.02. The van der Waals surface area contributed by atoms with Gasteiger partial charge in [0.05, 0.1) is 0 Å². The number of anilines is 1. The first kappa shape index (κ1) is 26.1. The van der Waals surface area contributed by atoms with Crippen LogP contribution in [0.2, 0.25) is 0 Å². The van der Waals surface area contributed by atoms with Gasteiger partial charge in [0.2, 0.25) is 0 Å². The van der Waals surface area contributed by atoms with Crippen LogP contribution in [0.1, 0.15) is 15.9 Å². The Morgan fingerprint density at radius 3 is 1.78 bits per heavy atom. The molecule has 0 aliphatic heterocycles. The number of nitrogens with zero attached hydrogens (tertiary/aromatic N) is 1. The molecule has 3 nitrogen and oxygen atoms in total. The van der Waals surface area contributed by atoms with E-state index in [1.165, 1.54) is 27.1 Å². The van der Waals surface area contributed by atoms with E-state index in [1.54, 1.807) is 0 Å². The maximum Gasteiger partial charge on any atom is 0.255 e. The summed E-state index contributed by atoms with van der Waals surface area (Å²) in [7, 11) is -10.7. The van der Waals surface area contributed by atoms with E-state index in [4.69, 9.17) is 0 Å². The molecule has 0 aliphatic rings. The fraction of sp³-hybridized carbons (Fsp3) is 0.0370. The quantitative estimate of drug-likeness (QED) is 0.106. The number of hydrogen-bond acceptors (Lipinski definition) is 1. The standard InChI is InChI=1S/C27H20N2O.F6P/c30-27(20-9-2-1-3-10-20)28-23-13-8-16-29(18-23)19-26-24-14-6-4-11-21(24)17-22-12-5-7-15-25(22)26;1-7(2,3,4,5)6/h1-18H,19H2;/q;-1/p+1. The van der Waals surface area contributed by atoms with Crippen molar-refractivity contribution in [3.63, 3.8) is 0 Å². The number of hydrogen-bond donors (Lipinski definition) is 1. The molecule has 5 rings (SSSR count). The van der Waals surface area contributed by atoms with Crippen molar-refractivity contribution >= 4 is 40.9 Å². The van der Waals surface area contributed by atoms with Crippen LogP contribution in [0.3, 0.4) is 0 Å². The molecule has 1 heterocycles. The Kier molecular flexibility index (Phi) is 6.46. The zero-order valence-electron chi connectivity index (χ0n) is 19.2. The van der Waals surface area contributed by atoms with Crippen molar-refractivity contribution in [2.75, 3.05) is 5.32 Å². The number of pyridine rings is 1. The number of carbonyl (C=O) groups is 1. The molecule has 0 atom stereocenters. The van der Waals surface area contributed by atoms with Gasteiger partial charge >= 0.3 is 33.0 Å². The van der Waals surface area contributed by atoms with E-state index in [2.05, 4.69) is 64.5 Å². The second-order valence-corrected chi connectivity index (χ2v) is 10.3. The number of halogens is 6. The third-order valence-electron chi connectivity index (χ3n) is 5.38. The van der Waals surface area contributed by atoms with Crippen LogP contribution in [0.4, 0.5) is 30.9 Å². The molecule has 37 heavy (non-hydrogen) atoms. The second kappa shape index (κ2) is 9.16. The largest absolute Gasteiger partial charge is 0.317 e. The van der Waals surface area contributed by atoms with Crippen molar-refractivity contribution in [3.8, 4) is 0 Å². The maximum atomic E-state index is 12.5. The van der Waals surface area contributed by atoms with Gasteiger partial charge in [-0.3, -0.25) is 4.79 Å². The molecule has 0 spiro atoms. The van der Waals surface area contributed by atoms with Crippen LogP contribution in [0.5, 0.6) is 0 Å². The van der Waals surface area contributed by atoms with Gasteiger partial charge in [0, 0.05) is 17.2 Å². The molecule has 1 N–H and O–H groups in total. The maximum absolute atomic E-state index is 12.5. The molecule has 10 heteroatoms. The minimum absolute atomic E-state index is 0.107. The van der Waals surface area contributed by atoms with Crippen LogP contribution in [0, 0.1) is 0 Å². The number of aromatic nitrogens is 1. The summed E-state index contributed by atoms with van der Waals surface area (Å²) in [5.41, 5.74) is 2.70. The number of nitrogens with one attached hydrogen (secondary N) is 1. The SMILES string of the molecule is F[P-](F)(F)(F)(F)F.O=C(Nc1ccc[n+](Cc2c3ccccc3cc3ccccc23)c1)c1ccccc1. The molecule has 4 aromatic carbocycles. The van der Waals surface area contributed by atoms with E-state index in [0.29, 0.717) is 5.56 Å². The normalized spacial score (nSPS) is 13.2. The van der Waals surface area contributed by atoms with Crippen molar-refractivity contribution < 1.29 is 34.5 Å². The smallest absolute Gasteiger partial charge is 0.255 e. The van der Waals surface area contributed by atoms with Gasteiger partial charge in [-0.15, -0.1) is 0 Å². The Balaban J connectivity index is 0.000000405. The Morgan fingerprint density at radius 1 is 0.703 bits per heavy atom. The Bertz CT molecular complexity index is 1530. The fourth-order valence-corrected chi connectivity index (χ4v) is 3.95. The van der Waals surface area contributed by atoms with Crippen molar-refractivity contribution in [1.29, 1.82) is 0 Å².